The average molecular weight is 438 g/mol. The van der Waals surface area contributed by atoms with Crippen LogP contribution < -0.4 is 10.1 Å². The molecule has 1 unspecified atom stereocenters. The smallest absolute Gasteiger partial charge is 0.409 e. The van der Waals surface area contributed by atoms with Gasteiger partial charge in [-0.2, -0.15) is 0 Å². The summed E-state index contributed by atoms with van der Waals surface area (Å²) < 4.78 is 22.1. The van der Waals surface area contributed by atoms with Gasteiger partial charge in [-0.3, -0.25) is 4.79 Å². The number of ether oxygens (including phenoxy) is 3. The molecule has 1 fully saturated rings. The Morgan fingerprint density at radius 3 is 2.69 bits per heavy atom. The Hall–Kier alpha value is -3.52. The van der Waals surface area contributed by atoms with Crippen LogP contribution in [0.5, 0.6) is 5.75 Å². The third kappa shape index (κ3) is 4.70. The maximum absolute atomic E-state index is 12.9. The summed E-state index contributed by atoms with van der Waals surface area (Å²) in [6, 6.07) is 14.6. The number of furan rings is 1. The number of anilines is 1. The maximum Gasteiger partial charge on any atom is 0.409 e. The lowest BCUT2D eigenvalue weighted by atomic mass is 10.1. The van der Waals surface area contributed by atoms with Crippen molar-refractivity contribution in [1.29, 1.82) is 0 Å². The number of carbonyl (C=O) groups is 2. The summed E-state index contributed by atoms with van der Waals surface area (Å²) in [5.41, 5.74) is 1.97. The zero-order valence-corrected chi connectivity index (χ0v) is 18.1. The minimum absolute atomic E-state index is 0.0907. The molecule has 1 aromatic heterocycles. The Morgan fingerprint density at radius 2 is 1.94 bits per heavy atom. The van der Waals surface area contributed by atoms with E-state index < -0.39 is 0 Å². The minimum atomic E-state index is -0.345. The van der Waals surface area contributed by atoms with Crippen LogP contribution in [0.1, 0.15) is 29.5 Å². The molecule has 0 spiro atoms. The van der Waals surface area contributed by atoms with Crippen molar-refractivity contribution in [2.24, 2.45) is 0 Å². The van der Waals surface area contributed by atoms with Crippen LogP contribution in [0.4, 0.5) is 10.5 Å². The first-order valence-electron chi connectivity index (χ1n) is 10.6. The van der Waals surface area contributed by atoms with Crippen molar-refractivity contribution in [3.63, 3.8) is 0 Å². The van der Waals surface area contributed by atoms with E-state index in [2.05, 4.69) is 5.32 Å². The second kappa shape index (κ2) is 9.74. The van der Waals surface area contributed by atoms with Crippen molar-refractivity contribution < 1.29 is 28.2 Å². The van der Waals surface area contributed by atoms with Gasteiger partial charge in [-0.25, -0.2) is 4.79 Å². The lowest BCUT2D eigenvalue weighted by Gasteiger charge is -2.16. The first-order valence-corrected chi connectivity index (χ1v) is 10.6. The van der Waals surface area contributed by atoms with Gasteiger partial charge in [0.1, 0.15) is 17.4 Å². The maximum atomic E-state index is 12.9. The summed E-state index contributed by atoms with van der Waals surface area (Å²) in [5.74, 6) is 0.559. The van der Waals surface area contributed by atoms with Crippen molar-refractivity contribution >= 4 is 28.7 Å². The van der Waals surface area contributed by atoms with E-state index in [4.69, 9.17) is 18.6 Å². The monoisotopic (exact) mass is 438 g/mol. The standard InChI is InChI=1S/C24H26N2O6/c1-3-30-24(28)26-13-12-18(14-26)31-17-10-8-16(9-11-17)25-23(27)22-20(15-29-2)19-6-4-5-7-21(19)32-22/h4-11,18H,3,12-15H2,1-2H3,(H,25,27). The Bertz CT molecular complexity index is 1090. The number of carbonyl (C=O) groups excluding carboxylic acids is 2. The highest BCUT2D eigenvalue weighted by atomic mass is 16.6. The molecule has 3 aromatic rings. The third-order valence-electron chi connectivity index (χ3n) is 5.28. The van der Waals surface area contributed by atoms with Crippen LogP contribution in [0, 0.1) is 0 Å². The molecule has 1 aliphatic heterocycles. The van der Waals surface area contributed by atoms with Gasteiger partial charge in [0.05, 0.1) is 19.8 Å². The molecule has 2 heterocycles. The lowest BCUT2D eigenvalue weighted by Crippen LogP contribution is -2.31. The van der Waals surface area contributed by atoms with E-state index in [0.717, 1.165) is 11.8 Å². The van der Waals surface area contributed by atoms with Gasteiger partial charge in [-0.15, -0.1) is 0 Å². The van der Waals surface area contributed by atoms with Crippen molar-refractivity contribution in [2.45, 2.75) is 26.1 Å². The third-order valence-corrected chi connectivity index (χ3v) is 5.28. The molecule has 1 saturated heterocycles. The lowest BCUT2D eigenvalue weighted by molar-refractivity contribution is 0.0991. The molecule has 168 valence electrons. The van der Waals surface area contributed by atoms with Crippen molar-refractivity contribution in [3.8, 4) is 5.75 Å². The highest BCUT2D eigenvalue weighted by Gasteiger charge is 2.28. The summed E-state index contributed by atoms with van der Waals surface area (Å²) in [7, 11) is 1.58. The van der Waals surface area contributed by atoms with Gasteiger partial charge in [0.15, 0.2) is 5.76 Å². The number of methoxy groups -OCH3 is 1. The normalized spacial score (nSPS) is 15.7. The van der Waals surface area contributed by atoms with Crippen molar-refractivity contribution in [2.75, 3.05) is 32.1 Å². The van der Waals surface area contributed by atoms with Crippen LogP contribution >= 0.6 is 0 Å². The van der Waals surface area contributed by atoms with Crippen LogP contribution in [0.15, 0.2) is 52.9 Å². The first-order chi connectivity index (χ1) is 15.6. The van der Waals surface area contributed by atoms with E-state index in [-0.39, 0.29) is 30.5 Å². The zero-order valence-electron chi connectivity index (χ0n) is 18.1. The number of nitrogens with one attached hydrogen (secondary N) is 1. The van der Waals surface area contributed by atoms with Crippen LogP contribution in [-0.2, 0) is 16.1 Å². The van der Waals surface area contributed by atoms with E-state index in [1.807, 2.05) is 24.3 Å². The van der Waals surface area contributed by atoms with Gasteiger partial charge >= 0.3 is 6.09 Å². The molecular weight excluding hydrogens is 412 g/mol. The van der Waals surface area contributed by atoms with E-state index in [1.165, 1.54) is 0 Å². The molecule has 0 aliphatic carbocycles. The second-order valence-electron chi connectivity index (χ2n) is 7.49. The Morgan fingerprint density at radius 1 is 1.16 bits per heavy atom. The fraction of sp³-hybridized carbons (Fsp3) is 0.333. The molecule has 2 amide bonds. The number of hydrogen-bond acceptors (Lipinski definition) is 6. The Kier molecular flexibility index (Phi) is 6.61. The molecule has 8 heteroatoms. The highest BCUT2D eigenvalue weighted by Crippen LogP contribution is 2.28. The number of hydrogen-bond donors (Lipinski definition) is 1. The quantitative estimate of drug-likeness (QED) is 0.587. The highest BCUT2D eigenvalue weighted by molar-refractivity contribution is 6.06. The predicted octanol–water partition coefficient (Wildman–Crippen LogP) is 4.44. The van der Waals surface area contributed by atoms with Gasteiger partial charge in [-0.1, -0.05) is 18.2 Å². The summed E-state index contributed by atoms with van der Waals surface area (Å²) in [5, 5.41) is 3.72. The van der Waals surface area contributed by atoms with Gasteiger partial charge in [0, 0.05) is 36.7 Å². The van der Waals surface area contributed by atoms with Gasteiger partial charge in [0.2, 0.25) is 0 Å². The largest absolute Gasteiger partial charge is 0.489 e. The molecule has 2 aromatic carbocycles. The second-order valence-corrected chi connectivity index (χ2v) is 7.49. The number of nitrogens with zero attached hydrogens (tertiary/aromatic N) is 1. The van der Waals surface area contributed by atoms with E-state index in [1.54, 1.807) is 43.2 Å². The number of rotatable bonds is 7. The molecule has 0 saturated carbocycles. The van der Waals surface area contributed by atoms with Gasteiger partial charge in [0.25, 0.3) is 5.91 Å². The fourth-order valence-corrected chi connectivity index (χ4v) is 3.77. The van der Waals surface area contributed by atoms with E-state index in [9.17, 15) is 9.59 Å². The van der Waals surface area contributed by atoms with Crippen LogP contribution in [0.25, 0.3) is 11.0 Å². The van der Waals surface area contributed by atoms with Crippen molar-refractivity contribution in [1.82, 2.24) is 4.90 Å². The Balaban J connectivity index is 1.39. The molecule has 1 aliphatic rings. The molecule has 32 heavy (non-hydrogen) atoms. The number of benzene rings is 2. The van der Waals surface area contributed by atoms with Crippen LogP contribution in [-0.4, -0.2) is 49.8 Å². The molecule has 0 bridgehead atoms. The van der Waals surface area contributed by atoms with Crippen LogP contribution in [0.3, 0.4) is 0 Å². The summed E-state index contributed by atoms with van der Waals surface area (Å²) in [4.78, 5) is 26.3. The molecule has 1 N–H and O–H groups in total. The molecular formula is C24H26N2O6. The topological polar surface area (TPSA) is 90.2 Å². The fourth-order valence-electron chi connectivity index (χ4n) is 3.77. The first kappa shape index (κ1) is 21.7. The van der Waals surface area contributed by atoms with E-state index >= 15 is 0 Å². The number of fused-ring (bicyclic) bond motifs is 1. The zero-order chi connectivity index (χ0) is 22.5. The average Bonchev–Trinajstić information content (AvgIpc) is 3.41. The van der Waals surface area contributed by atoms with Gasteiger partial charge in [-0.05, 0) is 37.3 Å². The van der Waals surface area contributed by atoms with Crippen LogP contribution in [0.2, 0.25) is 0 Å². The number of likely N-dealkylation sites (tertiary alicyclic amines) is 1. The summed E-state index contributed by atoms with van der Waals surface area (Å²) in [6.07, 6.45) is 0.341. The molecule has 0 radical (unpaired) electrons. The number of amides is 2. The minimum Gasteiger partial charge on any atom is -0.489 e. The molecule has 4 rings (SSSR count). The number of para-hydroxylation sites is 1. The van der Waals surface area contributed by atoms with E-state index in [0.29, 0.717) is 42.3 Å². The van der Waals surface area contributed by atoms with Crippen molar-refractivity contribution in [3.05, 3.63) is 59.9 Å². The summed E-state index contributed by atoms with van der Waals surface area (Å²) in [6.45, 7) is 3.52. The molecule has 8 nitrogen and oxygen atoms in total. The Labute approximate surface area is 186 Å². The predicted molar refractivity (Wildman–Crippen MR) is 119 cm³/mol. The van der Waals surface area contributed by atoms with Gasteiger partial charge < -0.3 is 28.8 Å². The summed E-state index contributed by atoms with van der Waals surface area (Å²) >= 11 is 0. The molecule has 1 atom stereocenters. The SMILES string of the molecule is CCOC(=O)N1CCC(Oc2ccc(NC(=O)c3oc4ccccc4c3COC)cc2)C1.